The van der Waals surface area contributed by atoms with E-state index >= 15 is 0 Å². The first-order chi connectivity index (χ1) is 30.2. The maximum absolute atomic E-state index is 2.45. The van der Waals surface area contributed by atoms with Gasteiger partial charge in [0.05, 0.1) is 0 Å². The Morgan fingerprint density at radius 2 is 0.871 bits per heavy atom. The molecular formula is C60H45NS. The molecule has 1 aromatic heterocycles. The summed E-state index contributed by atoms with van der Waals surface area (Å²) < 4.78 is 2.65. The van der Waals surface area contributed by atoms with Gasteiger partial charge >= 0.3 is 0 Å². The molecule has 0 N–H and O–H groups in total. The van der Waals surface area contributed by atoms with Crippen molar-refractivity contribution in [2.45, 2.75) is 38.5 Å². The van der Waals surface area contributed by atoms with Gasteiger partial charge in [-0.05, 0) is 139 Å². The fourth-order valence-corrected chi connectivity index (χ4v) is 11.8. The molecule has 9 aromatic carbocycles. The van der Waals surface area contributed by atoms with E-state index in [1.54, 1.807) is 0 Å². The number of anilines is 3. The van der Waals surface area contributed by atoms with Crippen LogP contribution in [0.15, 0.2) is 200 Å². The molecule has 0 radical (unpaired) electrons. The summed E-state index contributed by atoms with van der Waals surface area (Å²) >= 11 is 1.87. The van der Waals surface area contributed by atoms with Crippen LogP contribution in [0.2, 0.25) is 0 Å². The van der Waals surface area contributed by atoms with Gasteiger partial charge in [0.15, 0.2) is 0 Å². The van der Waals surface area contributed by atoms with Gasteiger partial charge in [0.2, 0.25) is 0 Å². The van der Waals surface area contributed by atoms with E-state index in [0.717, 1.165) is 17.1 Å². The third-order valence-electron chi connectivity index (χ3n) is 13.9. The minimum Gasteiger partial charge on any atom is -0.310 e. The van der Waals surface area contributed by atoms with E-state index in [4.69, 9.17) is 0 Å². The molecule has 0 aliphatic heterocycles. The van der Waals surface area contributed by atoms with Crippen molar-refractivity contribution in [1.29, 1.82) is 0 Å². The molecule has 0 bridgehead atoms. The maximum Gasteiger partial charge on any atom is 0.0467 e. The molecule has 0 spiro atoms. The van der Waals surface area contributed by atoms with Gasteiger partial charge in [0.1, 0.15) is 0 Å². The molecular weight excluding hydrogens is 767 g/mol. The number of rotatable bonds is 6. The van der Waals surface area contributed by atoms with Gasteiger partial charge in [-0.3, -0.25) is 0 Å². The Morgan fingerprint density at radius 1 is 0.323 bits per heavy atom. The first-order valence-corrected chi connectivity index (χ1v) is 22.6. The van der Waals surface area contributed by atoms with Crippen molar-refractivity contribution >= 4 is 48.6 Å². The highest BCUT2D eigenvalue weighted by Crippen LogP contribution is 2.53. The van der Waals surface area contributed by atoms with Crippen molar-refractivity contribution in [3.63, 3.8) is 0 Å². The van der Waals surface area contributed by atoms with Crippen LogP contribution in [-0.4, -0.2) is 0 Å². The number of hydrogen-bond acceptors (Lipinski definition) is 2. The predicted octanol–water partition coefficient (Wildman–Crippen LogP) is 17.1. The second-order valence-corrected chi connectivity index (χ2v) is 19.2. The summed E-state index contributed by atoms with van der Waals surface area (Å²) in [5.41, 5.74) is 21.5. The van der Waals surface area contributed by atoms with Crippen molar-refractivity contribution in [3.05, 3.63) is 222 Å². The summed E-state index contributed by atoms with van der Waals surface area (Å²) in [5, 5.41) is 2.66. The van der Waals surface area contributed by atoms with Crippen LogP contribution in [0.5, 0.6) is 0 Å². The van der Waals surface area contributed by atoms with Crippen LogP contribution in [0.25, 0.3) is 75.8 Å². The van der Waals surface area contributed by atoms with Crippen LogP contribution in [0.3, 0.4) is 0 Å². The quantitative estimate of drug-likeness (QED) is 0.162. The molecule has 2 aliphatic carbocycles. The SMILES string of the molecule is CC1(C)c2ccc(-c3cccc(N(c4ccc(-c5cccc6sc7ccccc7c56)cc4)c4ccc5c(c4)C(C)(C)c4ccccc4-5)c3)cc2-c2ccc(-c3ccccc3)cc21. The van der Waals surface area contributed by atoms with Gasteiger partial charge in [-0.25, -0.2) is 0 Å². The second-order valence-electron chi connectivity index (χ2n) is 18.1. The average molecular weight is 812 g/mol. The molecule has 296 valence electrons. The van der Waals surface area contributed by atoms with Crippen molar-refractivity contribution in [1.82, 2.24) is 0 Å². The monoisotopic (exact) mass is 811 g/mol. The molecule has 1 heterocycles. The summed E-state index contributed by atoms with van der Waals surface area (Å²) in [6.07, 6.45) is 0. The fourth-order valence-electron chi connectivity index (χ4n) is 10.7. The lowest BCUT2D eigenvalue weighted by Crippen LogP contribution is -2.16. The Kier molecular flexibility index (Phi) is 8.17. The predicted molar refractivity (Wildman–Crippen MR) is 265 cm³/mol. The molecule has 0 amide bonds. The van der Waals surface area contributed by atoms with Crippen molar-refractivity contribution in [3.8, 4) is 55.6 Å². The molecule has 0 unspecified atom stereocenters. The van der Waals surface area contributed by atoms with Gasteiger partial charge in [-0.2, -0.15) is 0 Å². The van der Waals surface area contributed by atoms with E-state index in [2.05, 4.69) is 233 Å². The van der Waals surface area contributed by atoms with E-state index < -0.39 is 0 Å². The minimum absolute atomic E-state index is 0.0954. The van der Waals surface area contributed by atoms with Crippen LogP contribution in [0.4, 0.5) is 17.1 Å². The lowest BCUT2D eigenvalue weighted by Gasteiger charge is -2.28. The zero-order valence-electron chi connectivity index (χ0n) is 35.4. The van der Waals surface area contributed by atoms with Crippen molar-refractivity contribution < 1.29 is 0 Å². The Labute approximate surface area is 368 Å². The number of hydrogen-bond donors (Lipinski definition) is 0. The van der Waals surface area contributed by atoms with Crippen molar-refractivity contribution in [2.75, 3.05) is 4.90 Å². The Hall–Kier alpha value is -7.00. The van der Waals surface area contributed by atoms with Crippen LogP contribution >= 0.6 is 11.3 Å². The van der Waals surface area contributed by atoms with Crippen LogP contribution < -0.4 is 4.90 Å². The van der Waals surface area contributed by atoms with Crippen LogP contribution in [0, 0.1) is 0 Å². The summed E-state index contributed by atoms with van der Waals surface area (Å²) in [7, 11) is 0. The molecule has 10 aromatic rings. The molecule has 12 rings (SSSR count). The van der Waals surface area contributed by atoms with Crippen LogP contribution in [0.1, 0.15) is 49.9 Å². The van der Waals surface area contributed by atoms with Gasteiger partial charge < -0.3 is 4.90 Å². The van der Waals surface area contributed by atoms with E-state index in [1.165, 1.54) is 98.1 Å². The molecule has 2 heteroatoms. The Bertz CT molecular complexity index is 3400. The highest BCUT2D eigenvalue weighted by molar-refractivity contribution is 7.25. The zero-order chi connectivity index (χ0) is 41.7. The van der Waals surface area contributed by atoms with Crippen molar-refractivity contribution in [2.24, 2.45) is 0 Å². The Morgan fingerprint density at radius 3 is 1.73 bits per heavy atom. The molecule has 0 saturated carbocycles. The first-order valence-electron chi connectivity index (χ1n) is 21.7. The summed E-state index contributed by atoms with van der Waals surface area (Å²) in [6.45, 7) is 9.47. The smallest absolute Gasteiger partial charge is 0.0467 e. The third-order valence-corrected chi connectivity index (χ3v) is 15.0. The van der Waals surface area contributed by atoms with Crippen LogP contribution in [-0.2, 0) is 10.8 Å². The van der Waals surface area contributed by atoms with Gasteiger partial charge in [-0.15, -0.1) is 11.3 Å². The van der Waals surface area contributed by atoms with Gasteiger partial charge in [0, 0.05) is 48.1 Å². The standard InChI is InChI=1S/C60H45NS/c1-59(2)52-21-10-8-18-47(52)48-32-30-45(37-55(48)59)61(43-28-24-39(25-29-43)46-20-13-23-57-58(46)50-19-9-11-22-56(50)62-57)44-17-12-16-40(34-44)41-27-33-53-51(35-41)49-31-26-42(36-54(49)60(53,3)4)38-14-6-5-7-15-38/h5-37H,1-4H3. The van der Waals surface area contributed by atoms with E-state index in [-0.39, 0.29) is 10.8 Å². The number of fused-ring (bicyclic) bond motifs is 9. The van der Waals surface area contributed by atoms with Gasteiger partial charge in [-0.1, -0.05) is 167 Å². The summed E-state index contributed by atoms with van der Waals surface area (Å²) in [6, 6.07) is 74.8. The molecule has 62 heavy (non-hydrogen) atoms. The topological polar surface area (TPSA) is 3.24 Å². The molecule has 0 saturated heterocycles. The lowest BCUT2D eigenvalue weighted by atomic mass is 9.81. The number of benzene rings is 9. The van der Waals surface area contributed by atoms with Gasteiger partial charge in [0.25, 0.3) is 0 Å². The fraction of sp³-hybridized carbons (Fsp3) is 0.100. The Balaban J connectivity index is 0.974. The van der Waals surface area contributed by atoms with E-state index in [0.29, 0.717) is 0 Å². The molecule has 2 aliphatic rings. The van der Waals surface area contributed by atoms with E-state index in [1.807, 2.05) is 11.3 Å². The average Bonchev–Trinajstić information content (AvgIpc) is 3.89. The zero-order valence-corrected chi connectivity index (χ0v) is 36.2. The largest absolute Gasteiger partial charge is 0.310 e. The molecule has 1 nitrogen and oxygen atoms in total. The number of thiophene rings is 1. The van der Waals surface area contributed by atoms with E-state index in [9.17, 15) is 0 Å². The highest BCUT2D eigenvalue weighted by atomic mass is 32.1. The molecule has 0 atom stereocenters. The lowest BCUT2D eigenvalue weighted by molar-refractivity contribution is 0.660. The third kappa shape index (κ3) is 5.60. The normalized spacial score (nSPS) is 14.1. The minimum atomic E-state index is -0.113. The second kappa shape index (κ2) is 13.8. The highest BCUT2D eigenvalue weighted by Gasteiger charge is 2.37. The first kappa shape index (κ1) is 36.8. The molecule has 0 fully saturated rings. The number of nitrogens with zero attached hydrogens (tertiary/aromatic N) is 1. The summed E-state index contributed by atoms with van der Waals surface area (Å²) in [5.74, 6) is 0. The maximum atomic E-state index is 2.45. The summed E-state index contributed by atoms with van der Waals surface area (Å²) in [4.78, 5) is 2.45.